The van der Waals surface area contributed by atoms with E-state index in [2.05, 4.69) is 32.5 Å². The maximum absolute atomic E-state index is 12.6. The molecule has 0 atom stereocenters. The van der Waals surface area contributed by atoms with Gasteiger partial charge in [-0.05, 0) is 92.4 Å². The van der Waals surface area contributed by atoms with E-state index in [1.807, 2.05) is 25.1 Å². The molecular formula is C23H25N5O. The van der Waals surface area contributed by atoms with Crippen molar-refractivity contribution in [1.29, 1.82) is 0 Å². The van der Waals surface area contributed by atoms with Crippen LogP contribution in [0.5, 0.6) is 0 Å². The summed E-state index contributed by atoms with van der Waals surface area (Å²) in [6, 6.07) is 10.4. The summed E-state index contributed by atoms with van der Waals surface area (Å²) >= 11 is 0. The predicted octanol–water partition coefficient (Wildman–Crippen LogP) is 4.15. The topological polar surface area (TPSA) is 72.2 Å². The van der Waals surface area contributed by atoms with Gasteiger partial charge < -0.3 is 5.32 Å². The molecule has 0 aliphatic heterocycles. The molecule has 4 aliphatic rings. The Morgan fingerprint density at radius 1 is 1.03 bits per heavy atom. The lowest BCUT2D eigenvalue weighted by Crippen LogP contribution is -2.48. The summed E-state index contributed by atoms with van der Waals surface area (Å²) in [5.41, 5.74) is 3.51. The van der Waals surface area contributed by atoms with Gasteiger partial charge in [0.25, 0.3) is 11.7 Å². The Labute approximate surface area is 169 Å². The first kappa shape index (κ1) is 17.1. The second-order valence-corrected chi connectivity index (χ2v) is 9.46. The van der Waals surface area contributed by atoms with Crippen LogP contribution in [0.2, 0.25) is 0 Å². The van der Waals surface area contributed by atoms with E-state index in [0.717, 1.165) is 29.1 Å². The minimum Gasteiger partial charge on any atom is -0.319 e. The number of benzene rings is 1. The normalized spacial score (nSPS) is 30.0. The van der Waals surface area contributed by atoms with Crippen LogP contribution < -0.4 is 5.32 Å². The van der Waals surface area contributed by atoms with E-state index >= 15 is 0 Å². The summed E-state index contributed by atoms with van der Waals surface area (Å²) in [7, 11) is 0. The van der Waals surface area contributed by atoms with Crippen molar-refractivity contribution in [3.63, 3.8) is 0 Å². The minimum atomic E-state index is -0.308. The number of fused-ring (bicyclic) bond motifs is 1. The Hall–Kier alpha value is -2.76. The fourth-order valence-corrected chi connectivity index (χ4v) is 6.56. The standard InChI is InChI=1S/C23H25N5O/c1-14-6-7-24-22-26-20(27-28(14)22)21(29)25-19-4-2-18(3-5-19)23-11-15-8-16(12-23)10-17(9-15)13-23/h2-7,15-17H,8-13H2,1H3,(H,25,29). The fraction of sp³-hybridized carbons (Fsp3) is 0.478. The summed E-state index contributed by atoms with van der Waals surface area (Å²) in [5, 5.41) is 7.22. The van der Waals surface area contributed by atoms with Crippen LogP contribution in [0.3, 0.4) is 0 Å². The molecule has 0 unspecified atom stereocenters. The van der Waals surface area contributed by atoms with E-state index in [1.165, 1.54) is 44.1 Å². The molecule has 6 heteroatoms. The number of nitrogens with one attached hydrogen (secondary N) is 1. The van der Waals surface area contributed by atoms with Crippen LogP contribution in [0.4, 0.5) is 5.69 Å². The zero-order chi connectivity index (χ0) is 19.6. The highest BCUT2D eigenvalue weighted by Gasteiger charge is 2.51. The van der Waals surface area contributed by atoms with Crippen molar-refractivity contribution in [2.24, 2.45) is 17.8 Å². The Morgan fingerprint density at radius 3 is 2.31 bits per heavy atom. The minimum absolute atomic E-state index is 0.136. The monoisotopic (exact) mass is 387 g/mol. The summed E-state index contributed by atoms with van der Waals surface area (Å²) in [6.45, 7) is 1.91. The van der Waals surface area contributed by atoms with Gasteiger partial charge in [-0.2, -0.15) is 4.98 Å². The smallest absolute Gasteiger partial charge is 0.295 e. The van der Waals surface area contributed by atoms with Gasteiger partial charge in [-0.3, -0.25) is 4.79 Å². The van der Waals surface area contributed by atoms with E-state index in [-0.39, 0.29) is 11.7 Å². The first-order valence-electron chi connectivity index (χ1n) is 10.7. The van der Waals surface area contributed by atoms with E-state index < -0.39 is 0 Å². The van der Waals surface area contributed by atoms with Gasteiger partial charge in [0.1, 0.15) is 0 Å². The quantitative estimate of drug-likeness (QED) is 0.733. The van der Waals surface area contributed by atoms with Gasteiger partial charge in [-0.1, -0.05) is 12.1 Å². The number of aryl methyl sites for hydroxylation is 1. The number of anilines is 1. The third-order valence-electron chi connectivity index (χ3n) is 7.43. The molecule has 2 aromatic heterocycles. The zero-order valence-corrected chi connectivity index (χ0v) is 16.6. The number of aromatic nitrogens is 4. The van der Waals surface area contributed by atoms with E-state index in [1.54, 1.807) is 10.7 Å². The average Bonchev–Trinajstić information content (AvgIpc) is 3.13. The van der Waals surface area contributed by atoms with E-state index in [0.29, 0.717) is 11.2 Å². The Kier molecular flexibility index (Phi) is 3.61. The Morgan fingerprint density at radius 2 is 1.69 bits per heavy atom. The molecule has 4 bridgehead atoms. The van der Waals surface area contributed by atoms with Gasteiger partial charge in [0, 0.05) is 17.6 Å². The number of rotatable bonds is 3. The number of carbonyl (C=O) groups is 1. The van der Waals surface area contributed by atoms with Crippen LogP contribution in [0.15, 0.2) is 36.5 Å². The van der Waals surface area contributed by atoms with Crippen molar-refractivity contribution in [2.45, 2.75) is 50.9 Å². The average molecular weight is 387 g/mol. The molecule has 0 radical (unpaired) electrons. The fourth-order valence-electron chi connectivity index (χ4n) is 6.56. The molecule has 4 fully saturated rings. The predicted molar refractivity (Wildman–Crippen MR) is 110 cm³/mol. The van der Waals surface area contributed by atoms with Crippen molar-refractivity contribution in [2.75, 3.05) is 5.32 Å². The molecule has 4 aliphatic carbocycles. The molecule has 148 valence electrons. The van der Waals surface area contributed by atoms with Crippen molar-refractivity contribution < 1.29 is 4.79 Å². The van der Waals surface area contributed by atoms with Crippen LogP contribution in [0.1, 0.15) is 60.4 Å². The first-order valence-corrected chi connectivity index (χ1v) is 10.7. The van der Waals surface area contributed by atoms with Crippen molar-refractivity contribution in [3.8, 4) is 0 Å². The largest absolute Gasteiger partial charge is 0.319 e. The molecule has 2 heterocycles. The lowest BCUT2D eigenvalue weighted by Gasteiger charge is -2.57. The molecule has 0 spiro atoms. The number of carbonyl (C=O) groups excluding carboxylic acids is 1. The van der Waals surface area contributed by atoms with Crippen LogP contribution >= 0.6 is 0 Å². The molecule has 3 aromatic rings. The van der Waals surface area contributed by atoms with Crippen LogP contribution in [0, 0.1) is 24.7 Å². The maximum Gasteiger partial charge on any atom is 0.295 e. The summed E-state index contributed by atoms with van der Waals surface area (Å²) in [4.78, 5) is 21.0. The van der Waals surface area contributed by atoms with Gasteiger partial charge in [0.15, 0.2) is 0 Å². The second-order valence-electron chi connectivity index (χ2n) is 9.46. The van der Waals surface area contributed by atoms with Crippen LogP contribution in [0.25, 0.3) is 5.78 Å². The third kappa shape index (κ3) is 2.76. The van der Waals surface area contributed by atoms with Gasteiger partial charge in [0.05, 0.1) is 0 Å². The molecule has 1 aromatic carbocycles. The van der Waals surface area contributed by atoms with Crippen LogP contribution in [-0.4, -0.2) is 25.5 Å². The molecule has 7 rings (SSSR count). The molecule has 1 N–H and O–H groups in total. The van der Waals surface area contributed by atoms with E-state index in [4.69, 9.17) is 0 Å². The lowest BCUT2D eigenvalue weighted by atomic mass is 9.48. The van der Waals surface area contributed by atoms with Gasteiger partial charge >= 0.3 is 0 Å². The molecule has 1 amide bonds. The number of amides is 1. The van der Waals surface area contributed by atoms with Crippen molar-refractivity contribution >= 4 is 17.4 Å². The lowest BCUT2D eigenvalue weighted by molar-refractivity contribution is -0.00518. The van der Waals surface area contributed by atoms with Gasteiger partial charge in [-0.15, -0.1) is 5.10 Å². The van der Waals surface area contributed by atoms with Crippen molar-refractivity contribution in [3.05, 3.63) is 53.6 Å². The summed E-state index contributed by atoms with van der Waals surface area (Å²) in [5.74, 6) is 3.05. The molecule has 0 saturated heterocycles. The number of nitrogens with zero attached hydrogens (tertiary/aromatic N) is 4. The molecule has 29 heavy (non-hydrogen) atoms. The number of hydrogen-bond donors (Lipinski definition) is 1. The number of hydrogen-bond acceptors (Lipinski definition) is 4. The highest BCUT2D eigenvalue weighted by Crippen LogP contribution is 2.60. The Balaban J connectivity index is 1.22. The highest BCUT2D eigenvalue weighted by molar-refractivity contribution is 6.01. The van der Waals surface area contributed by atoms with E-state index in [9.17, 15) is 4.79 Å². The summed E-state index contributed by atoms with van der Waals surface area (Å²) in [6.07, 6.45) is 10.1. The van der Waals surface area contributed by atoms with Gasteiger partial charge in [0.2, 0.25) is 5.82 Å². The molecule has 4 saturated carbocycles. The van der Waals surface area contributed by atoms with Gasteiger partial charge in [-0.25, -0.2) is 9.50 Å². The van der Waals surface area contributed by atoms with Crippen molar-refractivity contribution in [1.82, 2.24) is 19.6 Å². The third-order valence-corrected chi connectivity index (χ3v) is 7.43. The maximum atomic E-state index is 12.6. The first-order chi connectivity index (χ1) is 14.1. The summed E-state index contributed by atoms with van der Waals surface area (Å²) < 4.78 is 1.59. The SMILES string of the molecule is Cc1ccnc2nc(C(=O)Nc3ccc(C45CC6CC(CC(C6)C4)C5)cc3)nn12. The second kappa shape index (κ2) is 6.12. The van der Waals surface area contributed by atoms with Crippen LogP contribution in [-0.2, 0) is 5.41 Å². The molecular weight excluding hydrogens is 362 g/mol. The zero-order valence-electron chi connectivity index (χ0n) is 16.6. The molecule has 6 nitrogen and oxygen atoms in total. The highest BCUT2D eigenvalue weighted by atomic mass is 16.2. The Bertz CT molecular complexity index is 1060.